The molecule has 0 atom stereocenters. The third kappa shape index (κ3) is 6.23. The topological polar surface area (TPSA) is 6.48 Å². The van der Waals surface area contributed by atoms with Crippen LogP contribution < -0.4 is 0 Å². The van der Waals surface area contributed by atoms with Gasteiger partial charge < -0.3 is 9.80 Å². The molecule has 12 heavy (non-hydrogen) atoms. The van der Waals surface area contributed by atoms with Crippen LogP contribution >= 0.6 is 0 Å². The van der Waals surface area contributed by atoms with Gasteiger partial charge in [0.15, 0.2) is 0 Å². The predicted molar refractivity (Wildman–Crippen MR) is 55.2 cm³/mol. The quantitative estimate of drug-likeness (QED) is 0.575. The van der Waals surface area contributed by atoms with Gasteiger partial charge in [0.05, 0.1) is 0 Å². The average molecular weight is 170 g/mol. The molecule has 2 heteroatoms. The molecule has 0 bridgehead atoms. The van der Waals surface area contributed by atoms with Crippen LogP contribution in [0.5, 0.6) is 0 Å². The zero-order valence-electron chi connectivity index (χ0n) is 8.71. The van der Waals surface area contributed by atoms with E-state index in [1.165, 1.54) is 19.4 Å². The first kappa shape index (κ1) is 11.5. The molecule has 0 amide bonds. The van der Waals surface area contributed by atoms with Crippen LogP contribution in [0.4, 0.5) is 0 Å². The molecular weight excluding hydrogens is 148 g/mol. The second-order valence-electron chi connectivity index (χ2n) is 3.32. The summed E-state index contributed by atoms with van der Waals surface area (Å²) in [5, 5.41) is 0. The molecule has 0 unspecified atom stereocenters. The lowest BCUT2D eigenvalue weighted by Gasteiger charge is -2.20. The zero-order chi connectivity index (χ0) is 9.40. The summed E-state index contributed by atoms with van der Waals surface area (Å²) < 4.78 is 0. The summed E-state index contributed by atoms with van der Waals surface area (Å²) in [5.41, 5.74) is 0. The Morgan fingerprint density at radius 1 is 1.17 bits per heavy atom. The molecule has 72 valence electrons. The van der Waals surface area contributed by atoms with E-state index in [9.17, 15) is 0 Å². The Bertz CT molecular complexity index is 112. The van der Waals surface area contributed by atoms with Gasteiger partial charge in [-0.15, -0.1) is 0 Å². The summed E-state index contributed by atoms with van der Waals surface area (Å²) in [5.74, 6) is 0. The van der Waals surface area contributed by atoms with Crippen molar-refractivity contribution in [3.8, 4) is 0 Å². The Morgan fingerprint density at radius 2 is 1.83 bits per heavy atom. The van der Waals surface area contributed by atoms with Gasteiger partial charge in [0.1, 0.15) is 0 Å². The Morgan fingerprint density at radius 3 is 2.33 bits per heavy atom. The minimum Gasteiger partial charge on any atom is -0.380 e. The van der Waals surface area contributed by atoms with E-state index in [1.54, 1.807) is 0 Å². The van der Waals surface area contributed by atoms with Gasteiger partial charge in [-0.05, 0) is 26.2 Å². The Hall–Kier alpha value is -0.500. The van der Waals surface area contributed by atoms with E-state index in [2.05, 4.69) is 37.4 Å². The fourth-order valence-electron chi connectivity index (χ4n) is 0.960. The largest absolute Gasteiger partial charge is 0.380 e. The Balaban J connectivity index is 3.29. The van der Waals surface area contributed by atoms with Crippen molar-refractivity contribution in [2.45, 2.75) is 19.8 Å². The van der Waals surface area contributed by atoms with Gasteiger partial charge in [-0.1, -0.05) is 19.9 Å². The molecule has 0 aromatic carbocycles. The molecule has 0 saturated carbocycles. The number of nitrogens with zero attached hydrogens (tertiary/aromatic N) is 2. The van der Waals surface area contributed by atoms with E-state index in [1.807, 2.05) is 6.20 Å². The normalized spacial score (nSPS) is 10.3. The summed E-state index contributed by atoms with van der Waals surface area (Å²) in [6.07, 6.45) is 4.45. The van der Waals surface area contributed by atoms with Crippen molar-refractivity contribution in [2.75, 3.05) is 33.7 Å². The van der Waals surface area contributed by atoms with Gasteiger partial charge in [0.2, 0.25) is 0 Å². The standard InChI is InChI=1S/C10H22N2/c1-5-7-8-12(4)10-9-11(3)6-2/h6H,2,5,7-10H2,1,3-4H3. The van der Waals surface area contributed by atoms with Gasteiger partial charge in [0, 0.05) is 20.1 Å². The lowest BCUT2D eigenvalue weighted by molar-refractivity contribution is 0.291. The van der Waals surface area contributed by atoms with Crippen LogP contribution in [0.2, 0.25) is 0 Å². The number of unbranched alkanes of at least 4 members (excludes halogenated alkanes) is 1. The van der Waals surface area contributed by atoms with Crippen LogP contribution in [0.15, 0.2) is 12.8 Å². The molecule has 0 heterocycles. The second-order valence-corrected chi connectivity index (χ2v) is 3.32. The van der Waals surface area contributed by atoms with Crippen LogP contribution in [-0.2, 0) is 0 Å². The fourth-order valence-corrected chi connectivity index (χ4v) is 0.960. The van der Waals surface area contributed by atoms with Crippen molar-refractivity contribution in [3.63, 3.8) is 0 Å². The predicted octanol–water partition coefficient (Wildman–Crippen LogP) is 1.79. The molecule has 0 aromatic rings. The summed E-state index contributed by atoms with van der Waals surface area (Å²) >= 11 is 0. The number of hydrogen-bond acceptors (Lipinski definition) is 2. The number of hydrogen-bond donors (Lipinski definition) is 0. The van der Waals surface area contributed by atoms with Gasteiger partial charge in [0.25, 0.3) is 0 Å². The fraction of sp³-hybridized carbons (Fsp3) is 0.800. The summed E-state index contributed by atoms with van der Waals surface area (Å²) in [4.78, 5) is 4.48. The maximum Gasteiger partial charge on any atom is 0.0296 e. The molecule has 2 nitrogen and oxygen atoms in total. The first-order chi connectivity index (χ1) is 5.70. The van der Waals surface area contributed by atoms with Gasteiger partial charge in [-0.25, -0.2) is 0 Å². The second kappa shape index (κ2) is 7.17. The van der Waals surface area contributed by atoms with Crippen molar-refractivity contribution in [1.29, 1.82) is 0 Å². The molecule has 0 saturated heterocycles. The lowest BCUT2D eigenvalue weighted by atomic mass is 10.3. The van der Waals surface area contributed by atoms with E-state index < -0.39 is 0 Å². The highest BCUT2D eigenvalue weighted by molar-refractivity contribution is 4.67. The third-order valence-electron chi connectivity index (χ3n) is 2.04. The minimum absolute atomic E-state index is 1.07. The van der Waals surface area contributed by atoms with Gasteiger partial charge in [-0.2, -0.15) is 0 Å². The first-order valence-corrected chi connectivity index (χ1v) is 4.72. The minimum atomic E-state index is 1.07. The van der Waals surface area contributed by atoms with Crippen LogP contribution in [0.3, 0.4) is 0 Å². The molecule has 0 radical (unpaired) electrons. The summed E-state index contributed by atoms with van der Waals surface area (Å²) in [7, 11) is 4.23. The number of likely N-dealkylation sites (N-methyl/N-ethyl adjacent to an activating group) is 2. The van der Waals surface area contributed by atoms with Gasteiger partial charge >= 0.3 is 0 Å². The van der Waals surface area contributed by atoms with E-state index in [-0.39, 0.29) is 0 Å². The smallest absolute Gasteiger partial charge is 0.0296 e. The number of rotatable bonds is 7. The Labute approximate surface area is 76.9 Å². The van der Waals surface area contributed by atoms with E-state index in [0.717, 1.165) is 13.1 Å². The summed E-state index contributed by atoms with van der Waals surface area (Å²) in [6, 6.07) is 0. The molecule has 0 aliphatic heterocycles. The molecule has 0 aliphatic rings. The average Bonchev–Trinajstić information content (AvgIpc) is 2.10. The van der Waals surface area contributed by atoms with E-state index in [0.29, 0.717) is 0 Å². The molecule has 0 aromatic heterocycles. The molecule has 0 aliphatic carbocycles. The van der Waals surface area contributed by atoms with Crippen LogP contribution in [0.1, 0.15) is 19.8 Å². The van der Waals surface area contributed by atoms with Crippen molar-refractivity contribution in [2.24, 2.45) is 0 Å². The SMILES string of the molecule is C=CN(C)CCN(C)CCCC. The molecule has 0 spiro atoms. The van der Waals surface area contributed by atoms with Crippen LogP contribution in [0.25, 0.3) is 0 Å². The Kier molecular flexibility index (Phi) is 6.87. The highest BCUT2D eigenvalue weighted by Crippen LogP contribution is 1.92. The molecule has 0 rings (SSSR count). The monoisotopic (exact) mass is 170 g/mol. The van der Waals surface area contributed by atoms with E-state index in [4.69, 9.17) is 0 Å². The lowest BCUT2D eigenvalue weighted by Crippen LogP contribution is -2.28. The third-order valence-corrected chi connectivity index (χ3v) is 2.04. The first-order valence-electron chi connectivity index (χ1n) is 4.72. The van der Waals surface area contributed by atoms with E-state index >= 15 is 0 Å². The maximum atomic E-state index is 3.71. The molecule has 0 fully saturated rings. The maximum absolute atomic E-state index is 3.71. The van der Waals surface area contributed by atoms with Crippen molar-refractivity contribution >= 4 is 0 Å². The molecule has 0 N–H and O–H groups in total. The summed E-state index contributed by atoms with van der Waals surface area (Å²) in [6.45, 7) is 9.34. The zero-order valence-corrected chi connectivity index (χ0v) is 8.71. The molecular formula is C10H22N2. The van der Waals surface area contributed by atoms with Crippen molar-refractivity contribution in [1.82, 2.24) is 9.80 Å². The van der Waals surface area contributed by atoms with Crippen LogP contribution in [-0.4, -0.2) is 43.5 Å². The van der Waals surface area contributed by atoms with Crippen molar-refractivity contribution in [3.05, 3.63) is 12.8 Å². The van der Waals surface area contributed by atoms with Crippen LogP contribution in [0, 0.1) is 0 Å². The highest BCUT2D eigenvalue weighted by Gasteiger charge is 1.97. The highest BCUT2D eigenvalue weighted by atomic mass is 15.1. The van der Waals surface area contributed by atoms with Crippen molar-refractivity contribution < 1.29 is 0 Å². The van der Waals surface area contributed by atoms with Gasteiger partial charge in [-0.3, -0.25) is 0 Å².